The Morgan fingerprint density at radius 3 is 3.24 bits per heavy atom. The van der Waals surface area contributed by atoms with Gasteiger partial charge in [0.1, 0.15) is 0 Å². The monoisotopic (exact) mass is 242 g/mol. The lowest BCUT2D eigenvalue weighted by Crippen LogP contribution is -2.08. The van der Waals surface area contributed by atoms with Crippen LogP contribution in [0.15, 0.2) is 30.5 Å². The maximum Gasteiger partial charge on any atom is 0.0816 e. The van der Waals surface area contributed by atoms with Crippen molar-refractivity contribution >= 4 is 27.1 Å². The fourth-order valence-electron chi connectivity index (χ4n) is 2.99. The highest BCUT2D eigenvalue weighted by molar-refractivity contribution is 7.20. The molecule has 3 heterocycles. The number of pyridine rings is 1. The van der Waals surface area contributed by atoms with E-state index in [9.17, 15) is 0 Å². The molecule has 1 saturated heterocycles. The summed E-state index contributed by atoms with van der Waals surface area (Å²) in [5.74, 6) is 1.60. The SMILES string of the molecule is C1=C(c2cc3ncccc3s2)CC2CNCC12. The fourth-order valence-corrected chi connectivity index (χ4v) is 4.04. The van der Waals surface area contributed by atoms with E-state index in [0.717, 1.165) is 23.9 Å². The molecule has 1 fully saturated rings. The van der Waals surface area contributed by atoms with Gasteiger partial charge in [-0.25, -0.2) is 0 Å². The summed E-state index contributed by atoms with van der Waals surface area (Å²) >= 11 is 1.88. The van der Waals surface area contributed by atoms with Gasteiger partial charge in [0.05, 0.1) is 10.2 Å². The molecule has 2 aromatic heterocycles. The van der Waals surface area contributed by atoms with Crippen LogP contribution in [0.5, 0.6) is 0 Å². The molecule has 4 rings (SSSR count). The Morgan fingerprint density at radius 2 is 2.35 bits per heavy atom. The van der Waals surface area contributed by atoms with E-state index >= 15 is 0 Å². The highest BCUT2D eigenvalue weighted by atomic mass is 32.1. The maximum atomic E-state index is 4.42. The van der Waals surface area contributed by atoms with Gasteiger partial charge in [0.25, 0.3) is 0 Å². The third-order valence-electron chi connectivity index (χ3n) is 3.89. The second kappa shape index (κ2) is 3.65. The summed E-state index contributed by atoms with van der Waals surface area (Å²) in [6.45, 7) is 2.35. The third-order valence-corrected chi connectivity index (χ3v) is 5.06. The van der Waals surface area contributed by atoms with Crippen molar-refractivity contribution in [1.29, 1.82) is 0 Å². The summed E-state index contributed by atoms with van der Waals surface area (Å²) in [6.07, 6.45) is 5.60. The molecule has 2 aromatic rings. The normalized spacial score (nSPS) is 27.4. The number of thiophene rings is 1. The number of hydrogen-bond acceptors (Lipinski definition) is 3. The van der Waals surface area contributed by atoms with Crippen LogP contribution < -0.4 is 5.32 Å². The lowest BCUT2D eigenvalue weighted by Gasteiger charge is -2.04. The zero-order valence-electron chi connectivity index (χ0n) is 9.52. The van der Waals surface area contributed by atoms with E-state index in [1.54, 1.807) is 5.57 Å². The van der Waals surface area contributed by atoms with E-state index in [1.165, 1.54) is 22.5 Å². The van der Waals surface area contributed by atoms with Crippen molar-refractivity contribution in [2.24, 2.45) is 11.8 Å². The lowest BCUT2D eigenvalue weighted by molar-refractivity contribution is 0.536. The lowest BCUT2D eigenvalue weighted by atomic mass is 10.00. The Bertz CT molecular complexity index is 566. The fraction of sp³-hybridized carbons (Fsp3) is 0.357. The largest absolute Gasteiger partial charge is 0.316 e. The molecular weight excluding hydrogens is 228 g/mol. The number of nitrogens with zero attached hydrogens (tertiary/aromatic N) is 1. The highest BCUT2D eigenvalue weighted by Crippen LogP contribution is 2.41. The average Bonchev–Trinajstić information content (AvgIpc) is 3.01. The summed E-state index contributed by atoms with van der Waals surface area (Å²) in [4.78, 5) is 5.84. The Morgan fingerprint density at radius 1 is 1.35 bits per heavy atom. The molecule has 2 atom stereocenters. The van der Waals surface area contributed by atoms with Gasteiger partial charge in [0, 0.05) is 17.6 Å². The maximum absolute atomic E-state index is 4.42. The van der Waals surface area contributed by atoms with Gasteiger partial charge in [-0.2, -0.15) is 0 Å². The van der Waals surface area contributed by atoms with Gasteiger partial charge in [-0.3, -0.25) is 4.98 Å². The summed E-state index contributed by atoms with van der Waals surface area (Å²) in [7, 11) is 0. The molecule has 1 aliphatic heterocycles. The van der Waals surface area contributed by atoms with Crippen LogP contribution >= 0.6 is 11.3 Å². The van der Waals surface area contributed by atoms with E-state index in [4.69, 9.17) is 0 Å². The van der Waals surface area contributed by atoms with E-state index in [1.807, 2.05) is 23.6 Å². The average molecular weight is 242 g/mol. The number of allylic oxidation sites excluding steroid dienone is 1. The predicted octanol–water partition coefficient (Wildman–Crippen LogP) is 2.92. The topological polar surface area (TPSA) is 24.9 Å². The molecule has 0 spiro atoms. The molecule has 0 bridgehead atoms. The van der Waals surface area contributed by atoms with Crippen molar-refractivity contribution in [1.82, 2.24) is 10.3 Å². The molecule has 1 aliphatic carbocycles. The van der Waals surface area contributed by atoms with Crippen molar-refractivity contribution in [2.75, 3.05) is 13.1 Å². The van der Waals surface area contributed by atoms with Crippen molar-refractivity contribution < 1.29 is 0 Å². The molecule has 2 nitrogen and oxygen atoms in total. The molecule has 2 unspecified atom stereocenters. The van der Waals surface area contributed by atoms with Gasteiger partial charge in [-0.15, -0.1) is 11.3 Å². The van der Waals surface area contributed by atoms with E-state index in [0.29, 0.717) is 0 Å². The number of rotatable bonds is 1. The summed E-state index contributed by atoms with van der Waals surface area (Å²) in [5, 5.41) is 3.47. The summed E-state index contributed by atoms with van der Waals surface area (Å²) < 4.78 is 1.30. The molecule has 3 heteroatoms. The minimum atomic E-state index is 0.767. The first-order valence-corrected chi connectivity index (χ1v) is 6.98. The van der Waals surface area contributed by atoms with Crippen LogP contribution in [-0.2, 0) is 0 Å². The van der Waals surface area contributed by atoms with E-state index in [2.05, 4.69) is 28.5 Å². The van der Waals surface area contributed by atoms with Crippen LogP contribution in [0.1, 0.15) is 11.3 Å². The van der Waals surface area contributed by atoms with Crippen LogP contribution in [-0.4, -0.2) is 18.1 Å². The molecule has 0 amide bonds. The Labute approximate surface area is 104 Å². The molecule has 0 aromatic carbocycles. The van der Waals surface area contributed by atoms with Gasteiger partial charge in [0.15, 0.2) is 0 Å². The Kier molecular flexibility index (Phi) is 2.11. The zero-order valence-corrected chi connectivity index (χ0v) is 10.3. The molecular formula is C14H14N2S. The first-order chi connectivity index (χ1) is 8.40. The number of aromatic nitrogens is 1. The van der Waals surface area contributed by atoms with Crippen LogP contribution in [0.25, 0.3) is 15.8 Å². The van der Waals surface area contributed by atoms with Gasteiger partial charge < -0.3 is 5.32 Å². The van der Waals surface area contributed by atoms with Crippen molar-refractivity contribution in [3.63, 3.8) is 0 Å². The third kappa shape index (κ3) is 1.53. The molecule has 1 N–H and O–H groups in total. The van der Waals surface area contributed by atoms with Gasteiger partial charge in [-0.1, -0.05) is 6.08 Å². The molecule has 2 aliphatic rings. The van der Waals surface area contributed by atoms with Gasteiger partial charge in [-0.05, 0) is 48.6 Å². The first-order valence-electron chi connectivity index (χ1n) is 6.16. The second-order valence-corrected chi connectivity index (χ2v) is 6.06. The van der Waals surface area contributed by atoms with Crippen LogP contribution in [0.2, 0.25) is 0 Å². The van der Waals surface area contributed by atoms with Crippen LogP contribution in [0, 0.1) is 11.8 Å². The predicted molar refractivity (Wildman–Crippen MR) is 72.1 cm³/mol. The van der Waals surface area contributed by atoms with Gasteiger partial charge in [0.2, 0.25) is 0 Å². The molecule has 0 saturated carbocycles. The van der Waals surface area contributed by atoms with Crippen molar-refractivity contribution in [3.05, 3.63) is 35.3 Å². The quantitative estimate of drug-likeness (QED) is 0.831. The van der Waals surface area contributed by atoms with Crippen molar-refractivity contribution in [2.45, 2.75) is 6.42 Å². The molecule has 17 heavy (non-hydrogen) atoms. The minimum absolute atomic E-state index is 0.767. The Hall–Kier alpha value is -1.19. The molecule has 86 valence electrons. The zero-order chi connectivity index (χ0) is 11.2. The second-order valence-electron chi connectivity index (χ2n) is 4.98. The van der Waals surface area contributed by atoms with Gasteiger partial charge >= 0.3 is 0 Å². The van der Waals surface area contributed by atoms with E-state index in [-0.39, 0.29) is 0 Å². The Balaban J connectivity index is 1.75. The highest BCUT2D eigenvalue weighted by Gasteiger charge is 2.32. The van der Waals surface area contributed by atoms with E-state index < -0.39 is 0 Å². The summed E-state index contributed by atoms with van der Waals surface area (Å²) in [5.41, 5.74) is 2.69. The van der Waals surface area contributed by atoms with Crippen LogP contribution in [0.3, 0.4) is 0 Å². The van der Waals surface area contributed by atoms with Crippen molar-refractivity contribution in [3.8, 4) is 0 Å². The smallest absolute Gasteiger partial charge is 0.0816 e. The van der Waals surface area contributed by atoms with Crippen LogP contribution in [0.4, 0.5) is 0 Å². The number of hydrogen-bond donors (Lipinski definition) is 1. The minimum Gasteiger partial charge on any atom is -0.316 e. The summed E-state index contributed by atoms with van der Waals surface area (Å²) in [6, 6.07) is 6.43. The number of nitrogens with one attached hydrogen (secondary N) is 1. The molecule has 0 radical (unpaired) electrons. The standard InChI is InChI=1S/C14H14N2S/c1-2-13-12(16-3-1)6-14(17-13)9-4-10-7-15-8-11(10)5-9/h1-4,6,10-11,15H,5,7-8H2. The first kappa shape index (κ1) is 9.80. The number of fused-ring (bicyclic) bond motifs is 2.